The van der Waals surface area contributed by atoms with Crippen molar-refractivity contribution in [2.75, 3.05) is 12.8 Å². The highest BCUT2D eigenvalue weighted by atomic mass is 15.2. The van der Waals surface area contributed by atoms with E-state index in [9.17, 15) is 0 Å². The van der Waals surface area contributed by atoms with Gasteiger partial charge in [-0.1, -0.05) is 0 Å². The average Bonchev–Trinajstić information content (AvgIpc) is 2.77. The first kappa shape index (κ1) is 10.6. The molecule has 4 N–H and O–H groups in total. The van der Waals surface area contributed by atoms with Crippen LogP contribution in [0.25, 0.3) is 0 Å². The van der Waals surface area contributed by atoms with Gasteiger partial charge in [0.1, 0.15) is 18.0 Å². The molecule has 0 aliphatic rings. The summed E-state index contributed by atoms with van der Waals surface area (Å²) in [6.07, 6.45) is 3.17. The van der Waals surface area contributed by atoms with Gasteiger partial charge in [0, 0.05) is 11.8 Å². The van der Waals surface area contributed by atoms with Crippen molar-refractivity contribution in [1.82, 2.24) is 25.5 Å². The molecule has 2 heterocycles. The summed E-state index contributed by atoms with van der Waals surface area (Å²) in [6.45, 7) is 1.99. The molecule has 84 valence electrons. The van der Waals surface area contributed by atoms with Gasteiger partial charge in [-0.25, -0.2) is 9.97 Å². The molecule has 6 heteroatoms. The molecule has 0 saturated carbocycles. The lowest BCUT2D eigenvalue weighted by Gasteiger charge is -2.17. The van der Waals surface area contributed by atoms with Gasteiger partial charge in [-0.3, -0.25) is 5.10 Å². The molecular weight excluding hydrogens is 204 g/mol. The van der Waals surface area contributed by atoms with Gasteiger partial charge in [-0.15, -0.1) is 0 Å². The minimum Gasteiger partial charge on any atom is -0.383 e. The average molecular weight is 218 g/mol. The summed E-state index contributed by atoms with van der Waals surface area (Å²) in [5, 5.41) is 9.82. The van der Waals surface area contributed by atoms with E-state index in [4.69, 9.17) is 5.73 Å². The number of hydrogen-bond donors (Lipinski definition) is 3. The van der Waals surface area contributed by atoms with Crippen LogP contribution in [0.15, 0.2) is 18.6 Å². The maximum absolute atomic E-state index is 5.89. The zero-order valence-corrected chi connectivity index (χ0v) is 9.23. The lowest BCUT2D eigenvalue weighted by atomic mass is 10.0. The van der Waals surface area contributed by atoms with E-state index in [0.717, 1.165) is 17.0 Å². The van der Waals surface area contributed by atoms with Crippen LogP contribution in [0, 0.1) is 6.92 Å². The van der Waals surface area contributed by atoms with E-state index in [0.29, 0.717) is 5.82 Å². The van der Waals surface area contributed by atoms with Gasteiger partial charge >= 0.3 is 0 Å². The van der Waals surface area contributed by atoms with Gasteiger partial charge < -0.3 is 11.1 Å². The normalized spacial score (nSPS) is 12.6. The number of pyridine rings is 1. The number of aromatic nitrogens is 4. The molecule has 2 aromatic rings. The summed E-state index contributed by atoms with van der Waals surface area (Å²) in [5.41, 5.74) is 7.90. The SMILES string of the molecule is CNC(c1ncn[nH]1)c1c(C)ccnc1N. The first-order valence-electron chi connectivity index (χ1n) is 4.97. The van der Waals surface area contributed by atoms with Crippen LogP contribution in [0.3, 0.4) is 0 Å². The number of nitrogen functional groups attached to an aromatic ring is 1. The van der Waals surface area contributed by atoms with E-state index >= 15 is 0 Å². The monoisotopic (exact) mass is 218 g/mol. The Hall–Kier alpha value is -1.95. The van der Waals surface area contributed by atoms with Crippen LogP contribution in [0.4, 0.5) is 5.82 Å². The second-order valence-electron chi connectivity index (χ2n) is 3.52. The largest absolute Gasteiger partial charge is 0.383 e. The van der Waals surface area contributed by atoms with Crippen molar-refractivity contribution in [3.63, 3.8) is 0 Å². The van der Waals surface area contributed by atoms with Crippen LogP contribution in [0.2, 0.25) is 0 Å². The van der Waals surface area contributed by atoms with Gasteiger partial charge in [-0.05, 0) is 25.6 Å². The van der Waals surface area contributed by atoms with Crippen LogP contribution in [0.5, 0.6) is 0 Å². The Labute approximate surface area is 93.3 Å². The zero-order valence-electron chi connectivity index (χ0n) is 9.23. The van der Waals surface area contributed by atoms with Crippen LogP contribution in [-0.2, 0) is 0 Å². The third kappa shape index (κ3) is 1.74. The summed E-state index contributed by atoms with van der Waals surface area (Å²) in [5.74, 6) is 1.24. The first-order chi connectivity index (χ1) is 7.74. The molecule has 2 rings (SSSR count). The highest BCUT2D eigenvalue weighted by molar-refractivity contribution is 5.48. The van der Waals surface area contributed by atoms with Gasteiger partial charge in [0.05, 0.1) is 6.04 Å². The Balaban J connectivity index is 2.49. The highest BCUT2D eigenvalue weighted by Gasteiger charge is 2.19. The molecule has 1 unspecified atom stereocenters. The summed E-state index contributed by atoms with van der Waals surface area (Å²) in [4.78, 5) is 8.23. The molecule has 0 saturated heterocycles. The van der Waals surface area contributed by atoms with E-state index in [1.807, 2.05) is 20.0 Å². The predicted octanol–water partition coefficient (Wildman–Crippen LogP) is 0.399. The lowest BCUT2D eigenvalue weighted by molar-refractivity contribution is 0.646. The second kappa shape index (κ2) is 4.28. The standard InChI is InChI=1S/C10H14N6/c1-6-3-4-13-9(11)7(6)8(12-2)10-14-5-15-16-10/h3-5,8,12H,1-2H3,(H2,11,13)(H,14,15,16). The number of aromatic amines is 1. The zero-order chi connectivity index (χ0) is 11.5. The molecule has 0 amide bonds. The van der Waals surface area contributed by atoms with Crippen molar-refractivity contribution in [3.05, 3.63) is 35.5 Å². The van der Waals surface area contributed by atoms with Crippen LogP contribution >= 0.6 is 0 Å². The fourth-order valence-electron chi connectivity index (χ4n) is 1.74. The Kier molecular flexibility index (Phi) is 2.82. The smallest absolute Gasteiger partial charge is 0.146 e. The molecule has 0 bridgehead atoms. The minimum atomic E-state index is -0.115. The number of rotatable bonds is 3. The molecule has 0 aliphatic carbocycles. The molecule has 1 atom stereocenters. The van der Waals surface area contributed by atoms with Crippen molar-refractivity contribution >= 4 is 5.82 Å². The molecule has 6 nitrogen and oxygen atoms in total. The topological polar surface area (TPSA) is 92.5 Å². The molecule has 0 spiro atoms. The van der Waals surface area contributed by atoms with Crippen molar-refractivity contribution in [1.29, 1.82) is 0 Å². The third-order valence-corrected chi connectivity index (χ3v) is 2.52. The molecule has 0 radical (unpaired) electrons. The first-order valence-corrected chi connectivity index (χ1v) is 4.97. The van der Waals surface area contributed by atoms with E-state index in [1.54, 1.807) is 6.20 Å². The molecular formula is C10H14N6. The Morgan fingerprint density at radius 2 is 2.25 bits per heavy atom. The summed E-state index contributed by atoms with van der Waals surface area (Å²) >= 11 is 0. The third-order valence-electron chi connectivity index (χ3n) is 2.52. The van der Waals surface area contributed by atoms with Crippen molar-refractivity contribution in [2.24, 2.45) is 0 Å². The minimum absolute atomic E-state index is 0.115. The van der Waals surface area contributed by atoms with Crippen molar-refractivity contribution in [2.45, 2.75) is 13.0 Å². The van der Waals surface area contributed by atoms with Gasteiger partial charge in [0.2, 0.25) is 0 Å². The maximum atomic E-state index is 5.89. The fraction of sp³-hybridized carbons (Fsp3) is 0.300. The number of hydrogen-bond acceptors (Lipinski definition) is 5. The summed E-state index contributed by atoms with van der Waals surface area (Å²) < 4.78 is 0. The van der Waals surface area contributed by atoms with E-state index in [2.05, 4.69) is 25.5 Å². The lowest BCUT2D eigenvalue weighted by Crippen LogP contribution is -2.22. The Morgan fingerprint density at radius 3 is 2.81 bits per heavy atom. The van der Waals surface area contributed by atoms with Crippen LogP contribution in [0.1, 0.15) is 23.0 Å². The molecule has 0 aliphatic heterocycles. The van der Waals surface area contributed by atoms with Crippen molar-refractivity contribution < 1.29 is 0 Å². The molecule has 2 aromatic heterocycles. The predicted molar refractivity (Wildman–Crippen MR) is 60.7 cm³/mol. The Morgan fingerprint density at radius 1 is 1.44 bits per heavy atom. The van der Waals surface area contributed by atoms with Crippen molar-refractivity contribution in [3.8, 4) is 0 Å². The fourth-order valence-corrected chi connectivity index (χ4v) is 1.74. The number of nitrogens with zero attached hydrogens (tertiary/aromatic N) is 3. The Bertz CT molecular complexity index is 444. The summed E-state index contributed by atoms with van der Waals surface area (Å²) in [6, 6.07) is 1.81. The number of H-pyrrole nitrogens is 1. The van der Waals surface area contributed by atoms with Gasteiger partial charge in [0.25, 0.3) is 0 Å². The van der Waals surface area contributed by atoms with E-state index in [-0.39, 0.29) is 6.04 Å². The number of aryl methyl sites for hydroxylation is 1. The number of nitrogens with one attached hydrogen (secondary N) is 2. The molecule has 0 fully saturated rings. The highest BCUT2D eigenvalue weighted by Crippen LogP contribution is 2.25. The van der Waals surface area contributed by atoms with Gasteiger partial charge in [0.15, 0.2) is 0 Å². The van der Waals surface area contributed by atoms with Crippen LogP contribution in [-0.4, -0.2) is 27.2 Å². The van der Waals surface area contributed by atoms with E-state index in [1.165, 1.54) is 6.33 Å². The second-order valence-corrected chi connectivity index (χ2v) is 3.52. The number of anilines is 1. The molecule has 16 heavy (non-hydrogen) atoms. The quantitative estimate of drug-likeness (QED) is 0.693. The number of nitrogens with two attached hydrogens (primary N) is 1. The maximum Gasteiger partial charge on any atom is 0.146 e. The molecule has 0 aromatic carbocycles. The van der Waals surface area contributed by atoms with Crippen LogP contribution < -0.4 is 11.1 Å². The van der Waals surface area contributed by atoms with E-state index < -0.39 is 0 Å². The van der Waals surface area contributed by atoms with Gasteiger partial charge in [-0.2, -0.15) is 5.10 Å². The summed E-state index contributed by atoms with van der Waals surface area (Å²) in [7, 11) is 1.85.